The molecule has 0 aliphatic rings. The zero-order chi connectivity index (χ0) is 18.8. The molecule has 0 unspecified atom stereocenters. The molecule has 0 bridgehead atoms. The van der Waals surface area contributed by atoms with Crippen LogP contribution in [0.15, 0.2) is 23.8 Å². The number of hydrogen-bond acceptors (Lipinski definition) is 5. The van der Waals surface area contributed by atoms with Crippen LogP contribution in [0.4, 0.5) is 0 Å². The highest BCUT2D eigenvalue weighted by Gasteiger charge is 2.15. The van der Waals surface area contributed by atoms with E-state index >= 15 is 0 Å². The fraction of sp³-hybridized carbons (Fsp3) is 0.400. The molecule has 5 nitrogen and oxygen atoms in total. The third-order valence-corrected chi connectivity index (χ3v) is 5.62. The highest BCUT2D eigenvalue weighted by molar-refractivity contribution is 7.15. The van der Waals surface area contributed by atoms with E-state index in [1.807, 2.05) is 11.6 Å². The third kappa shape index (κ3) is 3.81. The minimum atomic E-state index is -0.252. The zero-order valence-electron chi connectivity index (χ0n) is 15.9. The predicted octanol–water partition coefficient (Wildman–Crippen LogP) is 4.23. The molecule has 0 amide bonds. The maximum Gasteiger partial charge on any atom is 0.302 e. The molecule has 3 rings (SSSR count). The maximum atomic E-state index is 11.2. The Bertz CT molecular complexity index is 914. The Labute approximate surface area is 158 Å². The van der Waals surface area contributed by atoms with Crippen LogP contribution in [0.3, 0.4) is 0 Å². The number of aromatic nitrogens is 2. The lowest BCUT2D eigenvalue weighted by molar-refractivity contribution is -0.142. The van der Waals surface area contributed by atoms with Crippen molar-refractivity contribution in [2.24, 2.45) is 0 Å². The number of ether oxygens (including phenoxy) is 1. The molecule has 1 atom stereocenters. The number of carbonyl (C=O) groups excluding carboxylic acids is 1. The van der Waals surface area contributed by atoms with Crippen LogP contribution in [0.5, 0.6) is 0 Å². The lowest BCUT2D eigenvalue weighted by Gasteiger charge is -2.19. The highest BCUT2D eigenvalue weighted by Crippen LogP contribution is 2.24. The predicted molar refractivity (Wildman–Crippen MR) is 104 cm³/mol. The summed E-state index contributed by atoms with van der Waals surface area (Å²) in [7, 11) is 0. The van der Waals surface area contributed by atoms with Crippen molar-refractivity contribution in [2.45, 2.75) is 53.8 Å². The number of imidazole rings is 1. The minimum absolute atomic E-state index is 0.152. The summed E-state index contributed by atoms with van der Waals surface area (Å²) < 4.78 is 7.29. The summed E-state index contributed by atoms with van der Waals surface area (Å²) in [5, 5.41) is 5.62. The van der Waals surface area contributed by atoms with Crippen LogP contribution in [0.2, 0.25) is 0 Å². The van der Waals surface area contributed by atoms with E-state index in [1.54, 1.807) is 11.3 Å². The maximum absolute atomic E-state index is 11.2. The Hall–Kier alpha value is -2.18. The molecule has 2 heterocycles. The molecule has 0 saturated heterocycles. The van der Waals surface area contributed by atoms with Gasteiger partial charge >= 0.3 is 5.97 Å². The van der Waals surface area contributed by atoms with Gasteiger partial charge in [0.15, 0.2) is 4.96 Å². The van der Waals surface area contributed by atoms with Crippen molar-refractivity contribution in [2.75, 3.05) is 0 Å². The summed E-state index contributed by atoms with van der Waals surface area (Å²) in [4.78, 5) is 16.9. The van der Waals surface area contributed by atoms with Gasteiger partial charge in [-0.15, -0.1) is 11.3 Å². The van der Waals surface area contributed by atoms with Gasteiger partial charge in [-0.25, -0.2) is 4.98 Å². The van der Waals surface area contributed by atoms with Crippen LogP contribution < -0.4 is 5.32 Å². The summed E-state index contributed by atoms with van der Waals surface area (Å²) >= 11 is 1.64. The summed E-state index contributed by atoms with van der Waals surface area (Å²) in [5.41, 5.74) is 6.99. The number of hydrogen-bond donors (Lipinski definition) is 1. The molecular formula is C20H25N3O2S. The summed E-state index contributed by atoms with van der Waals surface area (Å²) in [5.74, 6) is -0.252. The first-order chi connectivity index (χ1) is 12.4. The van der Waals surface area contributed by atoms with Gasteiger partial charge in [0.1, 0.15) is 6.61 Å². The van der Waals surface area contributed by atoms with E-state index < -0.39 is 0 Å². The molecular weight excluding hydrogens is 346 g/mol. The Kier molecular flexibility index (Phi) is 5.44. The van der Waals surface area contributed by atoms with Crippen molar-refractivity contribution >= 4 is 22.3 Å². The van der Waals surface area contributed by atoms with Gasteiger partial charge in [-0.3, -0.25) is 9.20 Å². The van der Waals surface area contributed by atoms with Gasteiger partial charge in [-0.2, -0.15) is 0 Å². The van der Waals surface area contributed by atoms with Crippen LogP contribution in [0, 0.1) is 20.8 Å². The highest BCUT2D eigenvalue weighted by atomic mass is 32.1. The minimum Gasteiger partial charge on any atom is -0.461 e. The number of aryl methyl sites for hydroxylation is 2. The molecule has 6 heteroatoms. The van der Waals surface area contributed by atoms with Crippen molar-refractivity contribution in [3.05, 3.63) is 57.4 Å². The van der Waals surface area contributed by atoms with E-state index in [2.05, 4.69) is 54.7 Å². The van der Waals surface area contributed by atoms with Crippen LogP contribution >= 0.6 is 11.3 Å². The number of thiazole rings is 1. The summed E-state index contributed by atoms with van der Waals surface area (Å²) in [6, 6.07) is 2.32. The van der Waals surface area contributed by atoms with Crippen molar-refractivity contribution in [1.82, 2.24) is 14.7 Å². The largest absolute Gasteiger partial charge is 0.461 e. The Balaban J connectivity index is 1.76. The fourth-order valence-corrected chi connectivity index (χ4v) is 3.96. The number of carbonyl (C=O) groups is 1. The number of esters is 1. The van der Waals surface area contributed by atoms with Gasteiger partial charge in [0.2, 0.25) is 0 Å². The van der Waals surface area contributed by atoms with Crippen LogP contribution in [0.1, 0.15) is 53.4 Å². The number of benzene rings is 1. The average Bonchev–Trinajstić information content (AvgIpc) is 3.15. The van der Waals surface area contributed by atoms with Crippen molar-refractivity contribution < 1.29 is 9.53 Å². The first kappa shape index (κ1) is 18.6. The third-order valence-electron chi connectivity index (χ3n) is 4.85. The number of nitrogens with zero attached hydrogens (tertiary/aromatic N) is 2. The van der Waals surface area contributed by atoms with Gasteiger partial charge < -0.3 is 10.1 Å². The second-order valence-electron chi connectivity index (χ2n) is 6.73. The second-order valence-corrected chi connectivity index (χ2v) is 7.61. The van der Waals surface area contributed by atoms with Gasteiger partial charge in [-0.1, -0.05) is 6.07 Å². The van der Waals surface area contributed by atoms with Crippen LogP contribution in [-0.2, 0) is 22.7 Å². The van der Waals surface area contributed by atoms with E-state index in [-0.39, 0.29) is 12.0 Å². The average molecular weight is 372 g/mol. The molecule has 0 spiro atoms. The molecule has 138 valence electrons. The zero-order valence-corrected chi connectivity index (χ0v) is 16.7. The van der Waals surface area contributed by atoms with Gasteiger partial charge in [0.05, 0.1) is 5.69 Å². The number of nitrogens with one attached hydrogen (secondary N) is 1. The fourth-order valence-electron chi connectivity index (χ4n) is 3.25. The molecule has 0 radical (unpaired) electrons. The molecule has 3 aromatic rings. The molecule has 1 aromatic carbocycles. The van der Waals surface area contributed by atoms with Crippen LogP contribution in [-0.4, -0.2) is 15.4 Å². The van der Waals surface area contributed by atoms with Gasteiger partial charge in [-0.05, 0) is 55.5 Å². The number of fused-ring (bicyclic) bond motifs is 1. The second kappa shape index (κ2) is 7.60. The molecule has 0 aliphatic carbocycles. The molecule has 26 heavy (non-hydrogen) atoms. The molecule has 2 aromatic heterocycles. The molecule has 0 aliphatic heterocycles. The van der Waals surface area contributed by atoms with Crippen molar-refractivity contribution in [3.8, 4) is 0 Å². The SMILES string of the molecule is CC(=O)OCc1c(C)cc(C)c(CN[C@H](C)c2cn3ccsc3n2)c1C. The normalized spacial score (nSPS) is 12.5. The van der Waals surface area contributed by atoms with Crippen molar-refractivity contribution in [3.63, 3.8) is 0 Å². The Morgan fingerprint density at radius 2 is 2.04 bits per heavy atom. The van der Waals surface area contributed by atoms with E-state index in [1.165, 1.54) is 23.6 Å². The number of rotatable bonds is 6. The van der Waals surface area contributed by atoms with E-state index in [0.29, 0.717) is 6.61 Å². The summed E-state index contributed by atoms with van der Waals surface area (Å²) in [6.07, 6.45) is 4.10. The van der Waals surface area contributed by atoms with Gasteiger partial charge in [0.25, 0.3) is 0 Å². The first-order valence-electron chi connectivity index (χ1n) is 8.74. The lowest BCUT2D eigenvalue weighted by atomic mass is 9.93. The van der Waals surface area contributed by atoms with E-state index in [4.69, 9.17) is 4.74 Å². The summed E-state index contributed by atoms with van der Waals surface area (Å²) in [6.45, 7) is 10.9. The van der Waals surface area contributed by atoms with E-state index in [9.17, 15) is 4.79 Å². The standard InChI is InChI=1S/C20H25N3O2S/c1-12-8-13(2)18(11-25-16(5)24)14(3)17(12)9-21-15(4)19-10-23-6-7-26-20(23)22-19/h6-8,10,15,21H,9,11H2,1-5H3/t15-/m1/s1. The first-order valence-corrected chi connectivity index (χ1v) is 9.62. The molecule has 0 fully saturated rings. The van der Waals surface area contributed by atoms with E-state index in [0.717, 1.165) is 28.3 Å². The quantitative estimate of drug-likeness (QED) is 0.659. The topological polar surface area (TPSA) is 55.6 Å². The Morgan fingerprint density at radius 1 is 1.31 bits per heavy atom. The van der Waals surface area contributed by atoms with Gasteiger partial charge in [0, 0.05) is 37.3 Å². The monoisotopic (exact) mass is 371 g/mol. The van der Waals surface area contributed by atoms with Crippen molar-refractivity contribution in [1.29, 1.82) is 0 Å². The lowest BCUT2D eigenvalue weighted by Crippen LogP contribution is -2.20. The molecule has 1 N–H and O–H groups in total. The molecule has 0 saturated carbocycles. The van der Waals surface area contributed by atoms with Crippen LogP contribution in [0.25, 0.3) is 4.96 Å². The Morgan fingerprint density at radius 3 is 2.73 bits per heavy atom. The smallest absolute Gasteiger partial charge is 0.302 e.